The minimum atomic E-state index is -0.861. The number of aliphatic carboxylic acids is 1. The second-order valence-corrected chi connectivity index (χ2v) is 2.85. The molecule has 1 atom stereocenters. The molecule has 2 N–H and O–H groups in total. The van der Waals surface area contributed by atoms with Crippen LogP contribution < -0.4 is 0 Å². The predicted molar refractivity (Wildman–Crippen MR) is 43.5 cm³/mol. The Labute approximate surface area is 71.0 Å². The van der Waals surface area contributed by atoms with Gasteiger partial charge in [-0.1, -0.05) is 5.92 Å². The highest BCUT2D eigenvalue weighted by molar-refractivity contribution is 6.25. The summed E-state index contributed by atoms with van der Waals surface area (Å²) in [5.41, 5.74) is 0. The first-order chi connectivity index (χ1) is 4.85. The summed E-state index contributed by atoms with van der Waals surface area (Å²) >= 11 is 5.42. The number of alkyl halides is 1. The van der Waals surface area contributed by atoms with E-state index in [-0.39, 0.29) is 6.61 Å². The Morgan fingerprint density at radius 1 is 1.82 bits per heavy atom. The van der Waals surface area contributed by atoms with Crippen molar-refractivity contribution in [3.8, 4) is 12.3 Å². The van der Waals surface area contributed by atoms with Gasteiger partial charge in [-0.05, 0) is 6.92 Å². The number of rotatable bonds is 1. The molecule has 11 heavy (non-hydrogen) atoms. The van der Waals surface area contributed by atoms with Gasteiger partial charge in [-0.3, -0.25) is 4.79 Å². The fourth-order valence-electron chi connectivity index (χ4n) is 0.0456. The molecule has 0 saturated carbocycles. The van der Waals surface area contributed by atoms with Crippen molar-refractivity contribution < 1.29 is 15.0 Å². The van der Waals surface area contributed by atoms with Crippen molar-refractivity contribution >= 4 is 17.6 Å². The van der Waals surface area contributed by atoms with Crippen molar-refractivity contribution in [2.24, 2.45) is 0 Å². The number of hydrogen-bond donors (Lipinski definition) is 2. The zero-order valence-electron chi connectivity index (χ0n) is 6.47. The van der Waals surface area contributed by atoms with Gasteiger partial charge in [-0.25, -0.2) is 0 Å². The molecule has 0 aromatic carbocycles. The number of aliphatic hydroxyl groups is 1. The molecule has 0 heterocycles. The van der Waals surface area contributed by atoms with E-state index < -0.39 is 10.8 Å². The molecule has 0 aromatic heterocycles. The van der Waals surface area contributed by atoms with Crippen LogP contribution in [0, 0.1) is 12.3 Å². The van der Waals surface area contributed by atoms with E-state index >= 15 is 0 Å². The lowest BCUT2D eigenvalue weighted by Gasteiger charge is -2.07. The van der Waals surface area contributed by atoms with Crippen LogP contribution in [0.4, 0.5) is 0 Å². The van der Waals surface area contributed by atoms with Gasteiger partial charge < -0.3 is 10.2 Å². The zero-order chi connectivity index (χ0) is 9.49. The Hall–Kier alpha value is -0.720. The minimum absolute atomic E-state index is 0.176. The van der Waals surface area contributed by atoms with Crippen molar-refractivity contribution in [2.45, 2.75) is 18.7 Å². The van der Waals surface area contributed by atoms with E-state index in [0.717, 1.165) is 6.92 Å². The number of carbonyl (C=O) groups is 1. The minimum Gasteiger partial charge on any atom is -0.481 e. The molecule has 3 nitrogen and oxygen atoms in total. The second kappa shape index (κ2) is 6.02. The lowest BCUT2D eigenvalue weighted by atomic mass is 10.2. The third-order valence-corrected chi connectivity index (χ3v) is 0.827. The van der Waals surface area contributed by atoms with E-state index in [0.29, 0.717) is 0 Å². The highest BCUT2D eigenvalue weighted by Crippen LogP contribution is 2.09. The molecule has 64 valence electrons. The van der Waals surface area contributed by atoms with Gasteiger partial charge in [0.25, 0.3) is 5.97 Å². The molecule has 0 aliphatic rings. The van der Waals surface area contributed by atoms with Crippen molar-refractivity contribution in [2.75, 3.05) is 6.61 Å². The Bertz CT molecular complexity index is 154. The van der Waals surface area contributed by atoms with Crippen LogP contribution in [0.1, 0.15) is 13.8 Å². The Kier molecular flexibility index (Phi) is 7.07. The van der Waals surface area contributed by atoms with E-state index in [2.05, 4.69) is 5.92 Å². The van der Waals surface area contributed by atoms with Gasteiger partial charge in [-0.2, -0.15) is 0 Å². The summed E-state index contributed by atoms with van der Waals surface area (Å²) in [4.78, 5) is 8.14. The summed E-state index contributed by atoms with van der Waals surface area (Å²) in [5, 5.41) is 15.7. The number of aliphatic hydroxyl groups excluding tert-OH is 1. The molecule has 0 amide bonds. The summed E-state index contributed by atoms with van der Waals surface area (Å²) in [6, 6.07) is 0. The number of terminal acetylenes is 1. The quantitative estimate of drug-likeness (QED) is 0.459. The second-order valence-electron chi connectivity index (χ2n) is 2.02. The Morgan fingerprint density at radius 2 is 2.09 bits per heavy atom. The first-order valence-corrected chi connectivity index (χ1v) is 3.20. The molecular formula is C7H11ClO3. The number of hydrogen-bond acceptors (Lipinski definition) is 2. The van der Waals surface area contributed by atoms with E-state index in [9.17, 15) is 0 Å². The van der Waals surface area contributed by atoms with Gasteiger partial charge in [0.05, 0.1) is 6.61 Å². The summed E-state index contributed by atoms with van der Waals surface area (Å²) in [7, 11) is 0. The van der Waals surface area contributed by atoms with Crippen LogP contribution in [0.5, 0.6) is 0 Å². The molecule has 0 aromatic rings. The maximum absolute atomic E-state index is 9.00. The van der Waals surface area contributed by atoms with Crippen LogP contribution in [0.25, 0.3) is 0 Å². The zero-order valence-corrected chi connectivity index (χ0v) is 7.22. The lowest BCUT2D eigenvalue weighted by molar-refractivity contribution is -0.134. The molecule has 0 fully saturated rings. The third-order valence-electron chi connectivity index (χ3n) is 0.598. The van der Waals surface area contributed by atoms with E-state index in [1.165, 1.54) is 0 Å². The highest BCUT2D eigenvalue weighted by atomic mass is 35.5. The van der Waals surface area contributed by atoms with E-state index in [4.69, 9.17) is 33.0 Å². The molecular weight excluding hydrogens is 168 g/mol. The third kappa shape index (κ3) is 17.6. The molecule has 0 aliphatic carbocycles. The van der Waals surface area contributed by atoms with E-state index in [1.807, 2.05) is 0 Å². The maximum Gasteiger partial charge on any atom is 0.300 e. The first kappa shape index (κ1) is 12.9. The molecule has 4 heteroatoms. The average molecular weight is 179 g/mol. The normalized spacial score (nSPS) is 13.4. The molecule has 1 unspecified atom stereocenters. The van der Waals surface area contributed by atoms with Crippen LogP contribution in [0.3, 0.4) is 0 Å². The van der Waals surface area contributed by atoms with E-state index in [1.54, 1.807) is 6.92 Å². The monoisotopic (exact) mass is 178 g/mol. The Morgan fingerprint density at radius 3 is 2.09 bits per heavy atom. The molecule has 0 saturated heterocycles. The highest BCUT2D eigenvalue weighted by Gasteiger charge is 2.13. The average Bonchev–Trinajstić information content (AvgIpc) is 1.87. The summed E-state index contributed by atoms with van der Waals surface area (Å²) in [6.45, 7) is 2.49. The van der Waals surface area contributed by atoms with Crippen molar-refractivity contribution in [3.63, 3.8) is 0 Å². The fraction of sp³-hybridized carbons (Fsp3) is 0.571. The van der Waals surface area contributed by atoms with Crippen LogP contribution >= 0.6 is 11.6 Å². The van der Waals surface area contributed by atoms with Crippen LogP contribution in [0.2, 0.25) is 0 Å². The largest absolute Gasteiger partial charge is 0.481 e. The maximum atomic E-state index is 9.00. The van der Waals surface area contributed by atoms with Gasteiger partial charge >= 0.3 is 0 Å². The SMILES string of the molecule is C#CC(C)(Cl)CO.CC(=O)O. The van der Waals surface area contributed by atoms with Crippen molar-refractivity contribution in [1.29, 1.82) is 0 Å². The summed E-state index contributed by atoms with van der Waals surface area (Å²) in [5.74, 6) is 1.37. The van der Waals surface area contributed by atoms with Gasteiger partial charge in [-0.15, -0.1) is 18.0 Å². The van der Waals surface area contributed by atoms with Gasteiger partial charge in [0.1, 0.15) is 4.87 Å². The molecule has 0 aliphatic heterocycles. The van der Waals surface area contributed by atoms with Crippen LogP contribution in [0.15, 0.2) is 0 Å². The lowest BCUT2D eigenvalue weighted by Crippen LogP contribution is -2.17. The number of carboxylic acid groups (broad SMARTS) is 1. The van der Waals surface area contributed by atoms with Crippen molar-refractivity contribution in [1.82, 2.24) is 0 Å². The molecule has 0 spiro atoms. The van der Waals surface area contributed by atoms with Crippen molar-refractivity contribution in [3.05, 3.63) is 0 Å². The fourth-order valence-corrected chi connectivity index (χ4v) is 0.0456. The topological polar surface area (TPSA) is 57.5 Å². The number of carboxylic acids is 1. The number of halogens is 1. The van der Waals surface area contributed by atoms with Gasteiger partial charge in [0.15, 0.2) is 0 Å². The molecule has 0 rings (SSSR count). The van der Waals surface area contributed by atoms with Crippen LogP contribution in [-0.4, -0.2) is 27.7 Å². The van der Waals surface area contributed by atoms with Gasteiger partial charge in [0.2, 0.25) is 0 Å². The Balaban J connectivity index is 0. The first-order valence-electron chi connectivity index (χ1n) is 2.83. The summed E-state index contributed by atoms with van der Waals surface area (Å²) < 4.78 is 0. The standard InChI is InChI=1S/C5H7ClO.C2H4O2/c1-3-5(2,6)4-7;1-2(3)4/h1,7H,4H2,2H3;1H3,(H,3,4). The predicted octanol–water partition coefficient (Wildman–Crippen LogP) is 0.700. The molecule has 0 bridgehead atoms. The molecule has 0 radical (unpaired) electrons. The van der Waals surface area contributed by atoms with Crippen LogP contribution in [-0.2, 0) is 4.79 Å². The smallest absolute Gasteiger partial charge is 0.300 e. The summed E-state index contributed by atoms with van der Waals surface area (Å²) in [6.07, 6.45) is 4.87. The van der Waals surface area contributed by atoms with Gasteiger partial charge in [0, 0.05) is 6.92 Å².